The van der Waals surface area contributed by atoms with Crippen LogP contribution in [0.1, 0.15) is 12.8 Å². The van der Waals surface area contributed by atoms with Crippen molar-refractivity contribution in [3.05, 3.63) is 6.07 Å². The molecule has 0 amide bonds. The molecule has 1 aromatic heterocycles. The van der Waals surface area contributed by atoms with Gasteiger partial charge in [0.2, 0.25) is 11.8 Å². The van der Waals surface area contributed by atoms with Gasteiger partial charge in [-0.15, -0.1) is 0 Å². The molecule has 0 atom stereocenters. The van der Waals surface area contributed by atoms with E-state index in [0.717, 1.165) is 25.9 Å². The van der Waals surface area contributed by atoms with Gasteiger partial charge >= 0.3 is 0 Å². The molecule has 0 saturated carbocycles. The van der Waals surface area contributed by atoms with E-state index in [1.54, 1.807) is 13.2 Å². The zero-order chi connectivity index (χ0) is 12.7. The molecular formula is C11H21N5O. The van der Waals surface area contributed by atoms with Crippen molar-refractivity contribution < 1.29 is 4.74 Å². The predicted molar refractivity (Wildman–Crippen MR) is 69.3 cm³/mol. The smallest absolute Gasteiger partial charge is 0.225 e. The summed E-state index contributed by atoms with van der Waals surface area (Å²) in [5, 5.41) is 3.20. The van der Waals surface area contributed by atoms with E-state index in [4.69, 9.17) is 10.5 Å². The van der Waals surface area contributed by atoms with Crippen LogP contribution in [0, 0.1) is 0 Å². The van der Waals surface area contributed by atoms with Gasteiger partial charge in [-0.1, -0.05) is 0 Å². The second-order valence-electron chi connectivity index (χ2n) is 4.09. The maximum atomic E-state index is 5.56. The van der Waals surface area contributed by atoms with E-state index in [1.165, 1.54) is 0 Å². The van der Waals surface area contributed by atoms with E-state index in [9.17, 15) is 0 Å². The Kier molecular flexibility index (Phi) is 5.48. The van der Waals surface area contributed by atoms with Crippen molar-refractivity contribution >= 4 is 11.8 Å². The number of nitrogens with zero attached hydrogens (tertiary/aromatic N) is 3. The molecule has 0 radical (unpaired) electrons. The van der Waals surface area contributed by atoms with Gasteiger partial charge in [-0.3, -0.25) is 0 Å². The molecule has 1 rings (SSSR count). The number of unbranched alkanes of at least 4 members (excludes halogenated alkanes) is 1. The van der Waals surface area contributed by atoms with Crippen LogP contribution in [0.5, 0.6) is 5.88 Å². The molecule has 6 heteroatoms. The molecule has 0 aliphatic carbocycles. The van der Waals surface area contributed by atoms with Gasteiger partial charge in [-0.05, 0) is 33.5 Å². The Labute approximate surface area is 102 Å². The van der Waals surface area contributed by atoms with Crippen molar-refractivity contribution in [2.75, 3.05) is 45.3 Å². The Hall–Kier alpha value is -1.56. The zero-order valence-corrected chi connectivity index (χ0v) is 10.7. The molecule has 0 aromatic carbocycles. The largest absolute Gasteiger partial charge is 0.481 e. The normalized spacial score (nSPS) is 10.6. The fraction of sp³-hybridized carbons (Fsp3) is 0.636. The van der Waals surface area contributed by atoms with Crippen LogP contribution in [0.3, 0.4) is 0 Å². The highest BCUT2D eigenvalue weighted by atomic mass is 16.5. The summed E-state index contributed by atoms with van der Waals surface area (Å²) in [6, 6.07) is 1.74. The first-order valence-electron chi connectivity index (χ1n) is 5.69. The van der Waals surface area contributed by atoms with Gasteiger partial charge in [0.1, 0.15) is 5.82 Å². The second-order valence-corrected chi connectivity index (χ2v) is 4.09. The minimum atomic E-state index is 0.222. The van der Waals surface area contributed by atoms with Crippen molar-refractivity contribution in [2.24, 2.45) is 0 Å². The van der Waals surface area contributed by atoms with Crippen LogP contribution in [-0.2, 0) is 0 Å². The third-order valence-corrected chi connectivity index (χ3v) is 2.27. The van der Waals surface area contributed by atoms with Crippen molar-refractivity contribution in [1.29, 1.82) is 0 Å². The number of nitrogen functional groups attached to an aromatic ring is 1. The van der Waals surface area contributed by atoms with Gasteiger partial charge in [-0.2, -0.15) is 9.97 Å². The van der Waals surface area contributed by atoms with E-state index in [1.807, 2.05) is 0 Å². The predicted octanol–water partition coefficient (Wildman–Crippen LogP) is 0.821. The van der Waals surface area contributed by atoms with Crippen LogP contribution >= 0.6 is 0 Å². The van der Waals surface area contributed by atoms with Crippen LogP contribution in [0.15, 0.2) is 6.07 Å². The number of rotatable bonds is 7. The maximum Gasteiger partial charge on any atom is 0.225 e. The third-order valence-electron chi connectivity index (χ3n) is 2.27. The van der Waals surface area contributed by atoms with Crippen molar-refractivity contribution in [3.8, 4) is 5.88 Å². The van der Waals surface area contributed by atoms with Gasteiger partial charge < -0.3 is 20.7 Å². The number of hydrogen-bond acceptors (Lipinski definition) is 6. The number of methoxy groups -OCH3 is 1. The summed E-state index contributed by atoms with van der Waals surface area (Å²) in [5.74, 6) is 1.41. The van der Waals surface area contributed by atoms with Crippen molar-refractivity contribution in [3.63, 3.8) is 0 Å². The lowest BCUT2D eigenvalue weighted by Gasteiger charge is -2.10. The molecule has 1 heterocycles. The summed E-state index contributed by atoms with van der Waals surface area (Å²) >= 11 is 0. The van der Waals surface area contributed by atoms with Gasteiger partial charge in [0.05, 0.1) is 7.11 Å². The molecule has 0 bridgehead atoms. The van der Waals surface area contributed by atoms with E-state index >= 15 is 0 Å². The summed E-state index contributed by atoms with van der Waals surface area (Å²) in [6.45, 7) is 1.96. The maximum absolute atomic E-state index is 5.56. The summed E-state index contributed by atoms with van der Waals surface area (Å²) in [7, 11) is 5.70. The first-order chi connectivity index (χ1) is 8.11. The van der Waals surface area contributed by atoms with Crippen molar-refractivity contribution in [2.45, 2.75) is 12.8 Å². The lowest BCUT2D eigenvalue weighted by atomic mass is 10.3. The zero-order valence-electron chi connectivity index (χ0n) is 10.7. The first kappa shape index (κ1) is 13.5. The van der Waals surface area contributed by atoms with Crippen LogP contribution in [0.2, 0.25) is 0 Å². The molecule has 0 aliphatic rings. The molecule has 0 fully saturated rings. The summed E-state index contributed by atoms with van der Waals surface area (Å²) in [5.41, 5.74) is 5.56. The van der Waals surface area contributed by atoms with Crippen molar-refractivity contribution in [1.82, 2.24) is 14.9 Å². The van der Waals surface area contributed by atoms with E-state index in [0.29, 0.717) is 11.7 Å². The van der Waals surface area contributed by atoms with Gasteiger partial charge in [0.15, 0.2) is 0 Å². The van der Waals surface area contributed by atoms with Crippen LogP contribution in [0.4, 0.5) is 11.8 Å². The molecule has 17 heavy (non-hydrogen) atoms. The van der Waals surface area contributed by atoms with Gasteiger partial charge in [0, 0.05) is 12.6 Å². The average Bonchev–Trinajstić information content (AvgIpc) is 2.27. The topological polar surface area (TPSA) is 76.3 Å². The molecule has 3 N–H and O–H groups in total. The summed E-state index contributed by atoms with van der Waals surface area (Å²) < 4.78 is 5.02. The first-order valence-corrected chi connectivity index (χ1v) is 5.69. The fourth-order valence-corrected chi connectivity index (χ4v) is 1.41. The Balaban J connectivity index is 2.33. The molecule has 0 unspecified atom stereocenters. The monoisotopic (exact) mass is 239 g/mol. The highest BCUT2D eigenvalue weighted by Gasteiger charge is 2.01. The number of nitrogens with two attached hydrogens (primary N) is 1. The molecular weight excluding hydrogens is 218 g/mol. The lowest BCUT2D eigenvalue weighted by Crippen LogP contribution is -2.14. The van der Waals surface area contributed by atoms with Crippen LogP contribution in [-0.4, -0.2) is 49.2 Å². The summed E-state index contributed by atoms with van der Waals surface area (Å²) in [6.07, 6.45) is 2.24. The molecule has 0 aliphatic heterocycles. The SMILES string of the molecule is COc1cc(NCCCCN(C)C)nc(N)n1. The van der Waals surface area contributed by atoms with Gasteiger partial charge in [0.25, 0.3) is 0 Å². The third kappa shape index (κ3) is 5.35. The Morgan fingerprint density at radius 1 is 1.35 bits per heavy atom. The summed E-state index contributed by atoms with van der Waals surface area (Å²) in [4.78, 5) is 10.2. The van der Waals surface area contributed by atoms with E-state index < -0.39 is 0 Å². The van der Waals surface area contributed by atoms with E-state index in [-0.39, 0.29) is 5.95 Å². The Morgan fingerprint density at radius 3 is 2.76 bits per heavy atom. The molecule has 96 valence electrons. The number of hydrogen-bond donors (Lipinski definition) is 2. The second kappa shape index (κ2) is 6.90. The molecule has 0 spiro atoms. The fourth-order valence-electron chi connectivity index (χ4n) is 1.41. The Bertz CT molecular complexity index is 343. The number of ether oxygens (including phenoxy) is 1. The van der Waals surface area contributed by atoms with E-state index in [2.05, 4.69) is 34.3 Å². The highest BCUT2D eigenvalue weighted by Crippen LogP contribution is 2.13. The quantitative estimate of drug-likeness (QED) is 0.686. The van der Waals surface area contributed by atoms with Crippen LogP contribution in [0.25, 0.3) is 0 Å². The average molecular weight is 239 g/mol. The lowest BCUT2D eigenvalue weighted by molar-refractivity contribution is 0.396. The number of nitrogens with one attached hydrogen (secondary N) is 1. The minimum absolute atomic E-state index is 0.222. The number of aromatic nitrogens is 2. The minimum Gasteiger partial charge on any atom is -0.481 e. The molecule has 1 aromatic rings. The van der Waals surface area contributed by atoms with Gasteiger partial charge in [-0.25, -0.2) is 0 Å². The highest BCUT2D eigenvalue weighted by molar-refractivity contribution is 5.42. The number of anilines is 2. The molecule has 0 saturated heterocycles. The standard InChI is InChI=1S/C11H21N5O/c1-16(2)7-5-4-6-13-9-8-10(17-3)15-11(12)14-9/h8H,4-7H2,1-3H3,(H3,12,13,14,15). The Morgan fingerprint density at radius 2 is 2.12 bits per heavy atom. The van der Waals surface area contributed by atoms with Crippen LogP contribution < -0.4 is 15.8 Å². The molecule has 6 nitrogen and oxygen atoms in total.